The number of phenols is 1. The van der Waals surface area contributed by atoms with Crippen LogP contribution in [0.15, 0.2) is 89.1 Å². The molecule has 2 atom stereocenters. The molecule has 16 nitrogen and oxygen atoms in total. The lowest BCUT2D eigenvalue weighted by Crippen LogP contribution is -2.36. The van der Waals surface area contributed by atoms with E-state index >= 15 is 4.39 Å². The quantitative estimate of drug-likeness (QED) is 0.0209. The Morgan fingerprint density at radius 3 is 2.12 bits per heavy atom. The smallest absolute Gasteiger partial charge is 0.316 e. The Bertz CT molecular complexity index is 2760. The first kappa shape index (κ1) is 53.7. The molecular weight excluding hydrogens is 958 g/mol. The molecule has 19 heteroatoms. The van der Waals surface area contributed by atoms with Crippen LogP contribution in [-0.4, -0.2) is 66.2 Å². The van der Waals surface area contributed by atoms with Crippen molar-refractivity contribution in [2.24, 2.45) is 10.2 Å². The first-order valence-electron chi connectivity index (χ1n) is 25.3. The highest BCUT2D eigenvalue weighted by Crippen LogP contribution is 2.38. The highest BCUT2D eigenvalue weighted by molar-refractivity contribution is 7.82. The number of nitrogens with one attached hydrogen (secondary N) is 3. The van der Waals surface area contributed by atoms with Crippen molar-refractivity contribution in [3.8, 4) is 34.4 Å². The van der Waals surface area contributed by atoms with Gasteiger partial charge < -0.3 is 27.8 Å². The zero-order valence-corrected chi connectivity index (χ0v) is 43.8. The second-order valence-electron chi connectivity index (χ2n) is 19.1. The summed E-state index contributed by atoms with van der Waals surface area (Å²) in [7, 11) is 0. The van der Waals surface area contributed by atoms with Crippen LogP contribution in [0.4, 0.5) is 32.8 Å². The maximum atomic E-state index is 15.5. The van der Waals surface area contributed by atoms with Crippen molar-refractivity contribution in [2.75, 3.05) is 47.3 Å². The fourth-order valence-corrected chi connectivity index (χ4v) is 9.68. The Morgan fingerprint density at radius 2 is 1.46 bits per heavy atom. The number of aromatic hydroxyl groups is 1. The van der Waals surface area contributed by atoms with E-state index in [0.29, 0.717) is 72.9 Å². The lowest BCUT2D eigenvalue weighted by atomic mass is 9.91. The fraction of sp³-hybridized carbons (Fsp3) is 0.472. The highest BCUT2D eigenvalue weighted by atomic mass is 32.2. The number of aromatic nitrogens is 4. The summed E-state index contributed by atoms with van der Waals surface area (Å²) in [6.45, 7) is 12.7. The molecular formula is C53H70FN9O7S2. The van der Waals surface area contributed by atoms with Crippen LogP contribution < -0.4 is 27.4 Å². The third kappa shape index (κ3) is 15.5. The number of benzene rings is 4. The van der Waals surface area contributed by atoms with Crippen LogP contribution in [-0.2, 0) is 32.7 Å². The number of anilines is 3. The normalized spacial score (nSPS) is 13.9. The van der Waals surface area contributed by atoms with Gasteiger partial charge in [-0.2, -0.15) is 13.0 Å². The second kappa shape index (κ2) is 26.6. The van der Waals surface area contributed by atoms with E-state index in [2.05, 4.69) is 36.8 Å². The molecule has 0 amide bonds. The first-order chi connectivity index (χ1) is 34.9. The predicted molar refractivity (Wildman–Crippen MR) is 285 cm³/mol. The molecule has 0 aliphatic carbocycles. The Kier molecular flexibility index (Phi) is 19.8. The molecule has 0 spiro atoms. The van der Waals surface area contributed by atoms with Crippen molar-refractivity contribution in [3.63, 3.8) is 0 Å². The summed E-state index contributed by atoms with van der Waals surface area (Å²) in [6, 6.07) is 21.6. The van der Waals surface area contributed by atoms with E-state index in [4.69, 9.17) is 22.8 Å². The van der Waals surface area contributed by atoms with Gasteiger partial charge >= 0.3 is 22.5 Å². The highest BCUT2D eigenvalue weighted by Gasteiger charge is 2.26. The third-order valence-electron chi connectivity index (χ3n) is 12.3. The zero-order valence-electron chi connectivity index (χ0n) is 42.2. The van der Waals surface area contributed by atoms with E-state index in [0.717, 1.165) is 30.0 Å². The topological polar surface area (TPSA) is 189 Å². The van der Waals surface area contributed by atoms with Gasteiger partial charge in [0, 0.05) is 42.3 Å². The van der Waals surface area contributed by atoms with Gasteiger partial charge in [0.15, 0.2) is 23.1 Å². The minimum Gasteiger partial charge on any atom is -0.506 e. The number of morpholine rings is 1. The summed E-state index contributed by atoms with van der Waals surface area (Å²) in [5, 5.41) is 27.3. The van der Waals surface area contributed by atoms with Crippen molar-refractivity contribution in [1.29, 1.82) is 0 Å². The third-order valence-corrected chi connectivity index (χ3v) is 13.8. The zero-order chi connectivity index (χ0) is 50.9. The van der Waals surface area contributed by atoms with Gasteiger partial charge in [-0.05, 0) is 49.2 Å². The SMILES string of the molecule is CCCCCCCCCCCCCCCCOc1cc(NS(=O)Oc2cc(NS(=O)Oc3ccc(N=Nc4c(C(C)(C)C)[nH]n5nc(-c6ccccc6)nc45)c(F)c3)ccc2N2CCOCC2)c(O)cc1C. The molecule has 7 rings (SSSR count). The number of ether oxygens (including phenoxy) is 2. The number of hydrogen-bond donors (Lipinski definition) is 4. The van der Waals surface area contributed by atoms with Crippen LogP contribution in [0.25, 0.3) is 17.0 Å². The van der Waals surface area contributed by atoms with Gasteiger partial charge in [-0.15, -0.1) is 15.3 Å². The number of phenolic OH excluding ortho intramolecular Hbond substituents is 1. The van der Waals surface area contributed by atoms with Crippen molar-refractivity contribution in [3.05, 3.63) is 95.9 Å². The molecule has 0 radical (unpaired) electrons. The molecule has 388 valence electrons. The minimum atomic E-state index is -2.21. The number of nitrogens with zero attached hydrogens (tertiary/aromatic N) is 6. The van der Waals surface area contributed by atoms with Gasteiger partial charge in [-0.1, -0.05) is 141 Å². The van der Waals surface area contributed by atoms with Crippen molar-refractivity contribution in [1.82, 2.24) is 19.8 Å². The van der Waals surface area contributed by atoms with Crippen LogP contribution in [0.2, 0.25) is 0 Å². The standard InChI is InChI=1S/C53H70FN9O7S2/c1-6-7-8-9-10-11-12-13-14-15-16-17-18-22-31-68-47-37-44(46(64)34-38(47)2)61-72(66)70-48-35-40(25-28-45(48)62-29-32-67-33-30-62)60-71(65)69-41-26-27-43(42(54)36-41)56-57-49-50(53(3,4)5)58-63-52(49)55-51(59-63)39-23-20-19-21-24-39/h19-21,23-28,34-37,58,60-61,64H,6-18,22,29-33H2,1-5H3. The molecule has 1 aliphatic rings. The van der Waals surface area contributed by atoms with E-state index in [1.165, 1.54) is 99.9 Å². The predicted octanol–water partition coefficient (Wildman–Crippen LogP) is 13.4. The summed E-state index contributed by atoms with van der Waals surface area (Å²) in [4.78, 5) is 6.73. The van der Waals surface area contributed by atoms with E-state index < -0.39 is 33.8 Å². The molecule has 2 unspecified atom stereocenters. The Balaban J connectivity index is 0.931. The largest absolute Gasteiger partial charge is 0.506 e. The number of unbranched alkanes of at least 4 members (excludes halogenated alkanes) is 13. The summed E-state index contributed by atoms with van der Waals surface area (Å²) in [5.41, 5.74) is 3.79. The molecule has 3 heterocycles. The average Bonchev–Trinajstić information content (AvgIpc) is 3.94. The van der Waals surface area contributed by atoms with Crippen LogP contribution in [0.1, 0.15) is 129 Å². The first-order valence-corrected chi connectivity index (χ1v) is 27.4. The van der Waals surface area contributed by atoms with Gasteiger partial charge in [0.25, 0.3) is 0 Å². The van der Waals surface area contributed by atoms with Crippen LogP contribution in [0, 0.1) is 12.7 Å². The van der Waals surface area contributed by atoms with Crippen LogP contribution >= 0.6 is 0 Å². The van der Waals surface area contributed by atoms with Gasteiger partial charge in [-0.25, -0.2) is 9.37 Å². The number of rotatable bonds is 28. The van der Waals surface area contributed by atoms with E-state index in [1.54, 1.807) is 24.3 Å². The number of halogens is 1. The Hall–Kier alpha value is -6.05. The molecule has 0 saturated carbocycles. The number of fused-ring (bicyclic) bond motifs is 1. The van der Waals surface area contributed by atoms with Gasteiger partial charge in [0.1, 0.15) is 22.9 Å². The molecule has 0 bridgehead atoms. The number of aryl methyl sites for hydroxylation is 1. The fourth-order valence-electron chi connectivity index (χ4n) is 8.36. The maximum Gasteiger partial charge on any atom is 0.316 e. The number of hydrogen-bond acceptors (Lipinski definition) is 12. The number of aromatic amines is 1. The molecule has 6 aromatic rings. The van der Waals surface area contributed by atoms with E-state index in [1.807, 2.05) is 62.9 Å². The van der Waals surface area contributed by atoms with Crippen LogP contribution in [0.5, 0.6) is 23.0 Å². The summed E-state index contributed by atoms with van der Waals surface area (Å²) >= 11 is -4.40. The number of H-pyrrole nitrogens is 1. The summed E-state index contributed by atoms with van der Waals surface area (Å²) in [5.74, 6) is 0.366. The monoisotopic (exact) mass is 1030 g/mol. The van der Waals surface area contributed by atoms with Crippen molar-refractivity contribution >= 4 is 56.6 Å². The Labute approximate surface area is 428 Å². The molecule has 1 fully saturated rings. The molecule has 72 heavy (non-hydrogen) atoms. The summed E-state index contributed by atoms with van der Waals surface area (Å²) in [6.07, 6.45) is 17.8. The van der Waals surface area contributed by atoms with Crippen molar-refractivity contribution < 1.29 is 35.8 Å². The second-order valence-corrected chi connectivity index (χ2v) is 20.8. The number of azo groups is 1. The maximum absolute atomic E-state index is 15.5. The Morgan fingerprint density at radius 1 is 0.792 bits per heavy atom. The molecule has 4 N–H and O–H groups in total. The van der Waals surface area contributed by atoms with Crippen LogP contribution in [0.3, 0.4) is 0 Å². The lowest BCUT2D eigenvalue weighted by Gasteiger charge is -2.30. The van der Waals surface area contributed by atoms with Gasteiger partial charge in [0.05, 0.1) is 42.6 Å². The van der Waals surface area contributed by atoms with Gasteiger partial charge in [-0.3, -0.25) is 14.5 Å². The average molecular weight is 1030 g/mol. The summed E-state index contributed by atoms with van der Waals surface area (Å²) < 4.78 is 72.8. The molecule has 1 saturated heterocycles. The van der Waals surface area contributed by atoms with Gasteiger partial charge in [0.2, 0.25) is 5.65 Å². The van der Waals surface area contributed by atoms with E-state index in [9.17, 15) is 13.5 Å². The molecule has 1 aliphatic heterocycles. The minimum absolute atomic E-state index is 0.0331. The molecule has 4 aromatic carbocycles. The van der Waals surface area contributed by atoms with E-state index in [-0.39, 0.29) is 28.6 Å². The van der Waals surface area contributed by atoms with Crippen molar-refractivity contribution in [2.45, 2.75) is 130 Å². The molecule has 2 aromatic heterocycles. The lowest BCUT2D eigenvalue weighted by molar-refractivity contribution is 0.122.